The number of Topliss-reactive ketones (excluding diaryl/α,β-unsaturated/α-hetero) is 1. The Balaban J connectivity index is 1.83. The van der Waals surface area contributed by atoms with Gasteiger partial charge in [0.15, 0.2) is 0 Å². The number of hydrogen-bond donors (Lipinski definition) is 1. The lowest BCUT2D eigenvalue weighted by Gasteiger charge is -2.25. The van der Waals surface area contributed by atoms with E-state index < -0.39 is 17.7 Å². The summed E-state index contributed by atoms with van der Waals surface area (Å²) in [6.45, 7) is 8.09. The van der Waals surface area contributed by atoms with Crippen LogP contribution in [0.4, 0.5) is 5.69 Å². The SMILES string of the molecule is CCOC(=O)Cc1ccc(N2C(=O)C(=O)/C(=C(\O)c3ccc(OC)c(C(C)(C)C)c3)C2c2ccccn2)cc1. The van der Waals surface area contributed by atoms with E-state index in [4.69, 9.17) is 9.47 Å². The Morgan fingerprint density at radius 3 is 2.36 bits per heavy atom. The summed E-state index contributed by atoms with van der Waals surface area (Å²) < 4.78 is 10.5. The predicted octanol–water partition coefficient (Wildman–Crippen LogP) is 5.12. The molecule has 8 nitrogen and oxygen atoms in total. The monoisotopic (exact) mass is 528 g/mol. The Hall–Kier alpha value is -4.46. The van der Waals surface area contributed by atoms with Crippen molar-refractivity contribution in [1.82, 2.24) is 4.98 Å². The highest BCUT2D eigenvalue weighted by Crippen LogP contribution is 2.42. The van der Waals surface area contributed by atoms with Gasteiger partial charge in [0.2, 0.25) is 0 Å². The van der Waals surface area contributed by atoms with Gasteiger partial charge in [0.25, 0.3) is 11.7 Å². The van der Waals surface area contributed by atoms with Crippen LogP contribution < -0.4 is 9.64 Å². The van der Waals surface area contributed by atoms with Gasteiger partial charge in [-0.2, -0.15) is 0 Å². The van der Waals surface area contributed by atoms with Gasteiger partial charge in [-0.1, -0.05) is 39.0 Å². The molecule has 39 heavy (non-hydrogen) atoms. The van der Waals surface area contributed by atoms with Crippen molar-refractivity contribution in [3.8, 4) is 5.75 Å². The molecule has 0 bridgehead atoms. The summed E-state index contributed by atoms with van der Waals surface area (Å²) >= 11 is 0. The molecule has 8 heteroatoms. The van der Waals surface area contributed by atoms with Crippen molar-refractivity contribution in [1.29, 1.82) is 0 Å². The number of aromatic nitrogens is 1. The highest BCUT2D eigenvalue weighted by Gasteiger charge is 2.47. The van der Waals surface area contributed by atoms with Crippen LogP contribution in [0.3, 0.4) is 0 Å². The maximum Gasteiger partial charge on any atom is 0.310 e. The van der Waals surface area contributed by atoms with Crippen molar-refractivity contribution in [2.75, 3.05) is 18.6 Å². The van der Waals surface area contributed by atoms with Crippen molar-refractivity contribution >= 4 is 29.1 Å². The average molecular weight is 529 g/mol. The molecule has 1 N–H and O–H groups in total. The second-order valence-corrected chi connectivity index (χ2v) is 10.2. The maximum atomic E-state index is 13.5. The Bertz CT molecular complexity index is 1420. The van der Waals surface area contributed by atoms with Crippen molar-refractivity contribution in [2.45, 2.75) is 45.6 Å². The van der Waals surface area contributed by atoms with Crippen LogP contribution in [0.15, 0.2) is 72.4 Å². The third-order valence-electron chi connectivity index (χ3n) is 6.56. The number of benzene rings is 2. The number of aliphatic hydroxyl groups excluding tert-OH is 1. The fourth-order valence-electron chi connectivity index (χ4n) is 4.67. The fraction of sp³-hybridized carbons (Fsp3) is 0.290. The number of anilines is 1. The number of ketones is 1. The second-order valence-electron chi connectivity index (χ2n) is 10.2. The topological polar surface area (TPSA) is 106 Å². The third-order valence-corrected chi connectivity index (χ3v) is 6.56. The molecule has 2 heterocycles. The Kier molecular flexibility index (Phi) is 7.85. The van der Waals surface area contributed by atoms with Crippen molar-refractivity contribution in [3.63, 3.8) is 0 Å². The number of ether oxygens (including phenoxy) is 2. The lowest BCUT2D eigenvalue weighted by molar-refractivity contribution is -0.142. The van der Waals surface area contributed by atoms with Gasteiger partial charge in [-0.3, -0.25) is 24.3 Å². The molecule has 0 aliphatic carbocycles. The first-order chi connectivity index (χ1) is 18.6. The van der Waals surface area contributed by atoms with E-state index in [-0.39, 0.29) is 35.7 Å². The zero-order valence-corrected chi connectivity index (χ0v) is 22.7. The second kappa shape index (κ2) is 11.1. The first-order valence-electron chi connectivity index (χ1n) is 12.7. The largest absolute Gasteiger partial charge is 0.507 e. The van der Waals surface area contributed by atoms with Crippen LogP contribution in [0, 0.1) is 0 Å². The molecular formula is C31H32N2O6. The zero-order valence-electron chi connectivity index (χ0n) is 22.7. The Morgan fingerprint density at radius 2 is 1.77 bits per heavy atom. The lowest BCUT2D eigenvalue weighted by atomic mass is 9.84. The number of carbonyl (C=O) groups excluding carboxylic acids is 3. The highest BCUT2D eigenvalue weighted by molar-refractivity contribution is 6.51. The Labute approximate surface area is 227 Å². The molecule has 0 spiro atoms. The van der Waals surface area contributed by atoms with Gasteiger partial charge in [-0.25, -0.2) is 0 Å². The van der Waals surface area contributed by atoms with Crippen molar-refractivity contribution in [3.05, 3.63) is 94.8 Å². The minimum Gasteiger partial charge on any atom is -0.507 e. The molecule has 1 aromatic heterocycles. The van der Waals surface area contributed by atoms with Crippen LogP contribution in [-0.4, -0.2) is 41.5 Å². The quantitative estimate of drug-likeness (QED) is 0.196. The number of hydrogen-bond acceptors (Lipinski definition) is 7. The highest BCUT2D eigenvalue weighted by atomic mass is 16.5. The molecule has 0 radical (unpaired) electrons. The van der Waals surface area contributed by atoms with Crippen molar-refractivity contribution < 1.29 is 29.0 Å². The molecule has 1 aliphatic heterocycles. The van der Waals surface area contributed by atoms with Crippen molar-refractivity contribution in [2.24, 2.45) is 0 Å². The number of esters is 1. The molecule has 3 aromatic rings. The first-order valence-corrected chi connectivity index (χ1v) is 12.7. The normalized spacial score (nSPS) is 16.8. The molecular weight excluding hydrogens is 496 g/mol. The van der Waals surface area contributed by atoms with Gasteiger partial charge in [0.1, 0.15) is 17.6 Å². The van der Waals surface area contributed by atoms with Gasteiger partial charge in [-0.15, -0.1) is 0 Å². The van der Waals surface area contributed by atoms with Gasteiger partial charge < -0.3 is 14.6 Å². The lowest BCUT2D eigenvalue weighted by Crippen LogP contribution is -2.29. The van der Waals surface area contributed by atoms with E-state index in [0.717, 1.165) is 5.56 Å². The summed E-state index contributed by atoms with van der Waals surface area (Å²) in [5.74, 6) is -1.59. The smallest absolute Gasteiger partial charge is 0.310 e. The molecule has 1 fully saturated rings. The van der Waals surface area contributed by atoms with E-state index in [9.17, 15) is 19.5 Å². The number of carbonyl (C=O) groups is 3. The molecule has 202 valence electrons. The van der Waals surface area contributed by atoms with Crippen LogP contribution in [0.5, 0.6) is 5.75 Å². The van der Waals surface area contributed by atoms with Crippen LogP contribution in [0.25, 0.3) is 5.76 Å². The zero-order chi connectivity index (χ0) is 28.3. The van der Waals surface area contributed by atoms with Crippen LogP contribution in [0.2, 0.25) is 0 Å². The summed E-state index contributed by atoms with van der Waals surface area (Å²) in [5.41, 5.74) is 2.44. The number of nitrogens with zero attached hydrogens (tertiary/aromatic N) is 2. The molecule has 1 atom stereocenters. The van der Waals surface area contributed by atoms with Gasteiger partial charge in [-0.05, 0) is 60.4 Å². The van der Waals surface area contributed by atoms with E-state index in [1.165, 1.54) is 4.90 Å². The minimum atomic E-state index is -0.956. The molecule has 0 saturated carbocycles. The van der Waals surface area contributed by atoms with E-state index in [2.05, 4.69) is 4.98 Å². The van der Waals surface area contributed by atoms with Crippen LogP contribution in [-0.2, 0) is 31.0 Å². The summed E-state index contributed by atoms with van der Waals surface area (Å²) in [6, 6.07) is 16.2. The third kappa shape index (κ3) is 5.55. The molecule has 1 unspecified atom stereocenters. The van der Waals surface area contributed by atoms with E-state index in [1.807, 2.05) is 20.8 Å². The van der Waals surface area contributed by atoms with Gasteiger partial charge in [0.05, 0.1) is 31.4 Å². The number of pyridine rings is 1. The van der Waals surface area contributed by atoms with Gasteiger partial charge >= 0.3 is 5.97 Å². The number of rotatable bonds is 7. The molecule has 1 aliphatic rings. The van der Waals surface area contributed by atoms with Gasteiger partial charge in [0, 0.05) is 23.0 Å². The van der Waals surface area contributed by atoms with Crippen LogP contribution in [0.1, 0.15) is 56.1 Å². The fourth-order valence-corrected chi connectivity index (χ4v) is 4.67. The summed E-state index contributed by atoms with van der Waals surface area (Å²) in [4.78, 5) is 44.5. The average Bonchev–Trinajstić information content (AvgIpc) is 3.18. The van der Waals surface area contributed by atoms with E-state index >= 15 is 0 Å². The molecule has 1 saturated heterocycles. The predicted molar refractivity (Wildman–Crippen MR) is 147 cm³/mol. The van der Waals surface area contributed by atoms with E-state index in [0.29, 0.717) is 28.3 Å². The molecule has 4 rings (SSSR count). The first kappa shape index (κ1) is 27.6. The summed E-state index contributed by atoms with van der Waals surface area (Å²) in [7, 11) is 1.58. The summed E-state index contributed by atoms with van der Waals surface area (Å²) in [6.07, 6.45) is 1.66. The number of methoxy groups -OCH3 is 1. The molecule has 1 amide bonds. The maximum absolute atomic E-state index is 13.5. The standard InChI is InChI=1S/C31H32N2O6/c1-6-39-25(34)17-19-10-13-21(14-11-19)33-27(23-9-7-8-16-32-23)26(29(36)30(33)37)28(35)20-12-15-24(38-5)22(18-20)31(2,3)4/h7-16,18,27,35H,6,17H2,1-5H3/b28-26-. The Morgan fingerprint density at radius 1 is 1.05 bits per heavy atom. The number of aliphatic hydroxyl groups is 1. The number of amides is 1. The summed E-state index contributed by atoms with van der Waals surface area (Å²) in [5, 5.41) is 11.5. The minimum absolute atomic E-state index is 0.0562. The van der Waals surface area contributed by atoms with E-state index in [1.54, 1.807) is 80.9 Å². The molecule has 2 aromatic carbocycles. The van der Waals surface area contributed by atoms with Crippen LogP contribution >= 0.6 is 0 Å².